The van der Waals surface area contributed by atoms with E-state index in [4.69, 9.17) is 5.73 Å². The van der Waals surface area contributed by atoms with E-state index in [-0.39, 0.29) is 17.8 Å². The lowest BCUT2D eigenvalue weighted by atomic mass is 10.2. The first-order chi connectivity index (χ1) is 5.25. The zero-order chi connectivity index (χ0) is 8.27. The van der Waals surface area contributed by atoms with Crippen LogP contribution in [0.15, 0.2) is 18.3 Å². The lowest BCUT2D eigenvalue weighted by molar-refractivity contribution is 0.149. The van der Waals surface area contributed by atoms with E-state index in [2.05, 4.69) is 4.98 Å². The van der Waals surface area contributed by atoms with Crippen LogP contribution in [0, 0.1) is 0 Å². The molecule has 1 aromatic heterocycles. The van der Waals surface area contributed by atoms with Crippen LogP contribution in [-0.2, 0) is 6.54 Å². The Morgan fingerprint density at radius 2 is 2.27 bits per heavy atom. The van der Waals surface area contributed by atoms with Gasteiger partial charge >= 0.3 is 0 Å². The second-order valence-electron chi connectivity index (χ2n) is 2.04. The SMILES string of the molecule is NCc1ncccc1C(F)F. The van der Waals surface area contributed by atoms with Crippen molar-refractivity contribution in [3.8, 4) is 0 Å². The van der Waals surface area contributed by atoms with Gasteiger partial charge in [0, 0.05) is 18.3 Å². The molecule has 0 atom stereocenters. The smallest absolute Gasteiger partial charge is 0.265 e. The molecule has 0 amide bonds. The van der Waals surface area contributed by atoms with Crippen LogP contribution in [0.3, 0.4) is 0 Å². The maximum absolute atomic E-state index is 12.1. The van der Waals surface area contributed by atoms with E-state index in [1.165, 1.54) is 18.3 Å². The van der Waals surface area contributed by atoms with E-state index >= 15 is 0 Å². The van der Waals surface area contributed by atoms with E-state index in [0.29, 0.717) is 0 Å². The van der Waals surface area contributed by atoms with Crippen LogP contribution in [0.25, 0.3) is 0 Å². The summed E-state index contributed by atoms with van der Waals surface area (Å²) < 4.78 is 24.2. The summed E-state index contributed by atoms with van der Waals surface area (Å²) in [4.78, 5) is 3.71. The molecule has 11 heavy (non-hydrogen) atoms. The van der Waals surface area contributed by atoms with Crippen molar-refractivity contribution in [1.82, 2.24) is 4.98 Å². The molecule has 0 fully saturated rings. The fourth-order valence-corrected chi connectivity index (χ4v) is 0.820. The van der Waals surface area contributed by atoms with Crippen molar-refractivity contribution < 1.29 is 8.78 Å². The third-order valence-electron chi connectivity index (χ3n) is 1.35. The first kappa shape index (κ1) is 8.07. The molecule has 0 aliphatic rings. The maximum Gasteiger partial charge on any atom is 0.265 e. The number of nitrogens with zero attached hydrogens (tertiary/aromatic N) is 1. The van der Waals surface area contributed by atoms with Crippen LogP contribution in [0.1, 0.15) is 17.7 Å². The molecule has 0 saturated carbocycles. The van der Waals surface area contributed by atoms with Gasteiger partial charge in [-0.3, -0.25) is 4.98 Å². The van der Waals surface area contributed by atoms with Gasteiger partial charge in [-0.05, 0) is 12.1 Å². The van der Waals surface area contributed by atoms with Crippen molar-refractivity contribution in [1.29, 1.82) is 0 Å². The van der Waals surface area contributed by atoms with Gasteiger partial charge in [-0.15, -0.1) is 0 Å². The average Bonchev–Trinajstić information content (AvgIpc) is 2.04. The Labute approximate surface area is 63.1 Å². The van der Waals surface area contributed by atoms with Crippen LogP contribution in [0.2, 0.25) is 0 Å². The van der Waals surface area contributed by atoms with Crippen molar-refractivity contribution in [2.75, 3.05) is 0 Å². The number of aromatic nitrogens is 1. The lowest BCUT2D eigenvalue weighted by Gasteiger charge is -2.03. The van der Waals surface area contributed by atoms with Crippen LogP contribution >= 0.6 is 0 Å². The van der Waals surface area contributed by atoms with E-state index in [0.717, 1.165) is 0 Å². The van der Waals surface area contributed by atoms with Crippen LogP contribution in [0.4, 0.5) is 8.78 Å². The average molecular weight is 158 g/mol. The highest BCUT2D eigenvalue weighted by Crippen LogP contribution is 2.20. The Morgan fingerprint density at radius 3 is 2.73 bits per heavy atom. The molecule has 1 aromatic rings. The summed E-state index contributed by atoms with van der Waals surface area (Å²) in [5.41, 5.74) is 5.38. The zero-order valence-electron chi connectivity index (χ0n) is 5.80. The molecule has 0 aromatic carbocycles. The van der Waals surface area contributed by atoms with Gasteiger partial charge in [0.1, 0.15) is 0 Å². The Balaban J connectivity index is 3.02. The van der Waals surface area contributed by atoms with E-state index in [9.17, 15) is 8.78 Å². The molecule has 0 bridgehead atoms. The van der Waals surface area contributed by atoms with Crippen LogP contribution in [0.5, 0.6) is 0 Å². The van der Waals surface area contributed by atoms with E-state index in [1.807, 2.05) is 0 Å². The molecule has 1 heterocycles. The zero-order valence-corrected chi connectivity index (χ0v) is 5.80. The molecule has 60 valence electrons. The van der Waals surface area contributed by atoms with Crippen molar-refractivity contribution in [2.24, 2.45) is 5.73 Å². The Kier molecular flexibility index (Phi) is 2.48. The van der Waals surface area contributed by atoms with Gasteiger partial charge in [0.25, 0.3) is 6.43 Å². The van der Waals surface area contributed by atoms with Gasteiger partial charge in [0.15, 0.2) is 0 Å². The molecule has 0 aliphatic heterocycles. The summed E-state index contributed by atoms with van der Waals surface area (Å²) in [6.45, 7) is 0.0561. The standard InChI is InChI=1S/C7H8F2N2/c8-7(9)5-2-1-3-11-6(5)4-10/h1-3,7H,4,10H2. The number of pyridine rings is 1. The van der Waals surface area contributed by atoms with E-state index in [1.54, 1.807) is 0 Å². The Hall–Kier alpha value is -1.03. The summed E-state index contributed by atoms with van der Waals surface area (Å²) in [6, 6.07) is 2.81. The molecule has 0 unspecified atom stereocenters. The predicted molar refractivity (Wildman–Crippen MR) is 37.1 cm³/mol. The Morgan fingerprint density at radius 1 is 1.55 bits per heavy atom. The minimum atomic E-state index is -2.48. The maximum atomic E-state index is 12.1. The minimum Gasteiger partial charge on any atom is -0.325 e. The van der Waals surface area contributed by atoms with Gasteiger partial charge in [0.2, 0.25) is 0 Å². The second kappa shape index (κ2) is 3.39. The summed E-state index contributed by atoms with van der Waals surface area (Å²) in [5.74, 6) is 0. The number of rotatable bonds is 2. The van der Waals surface area contributed by atoms with Gasteiger partial charge in [0.05, 0.1) is 5.69 Å². The molecule has 0 radical (unpaired) electrons. The van der Waals surface area contributed by atoms with Gasteiger partial charge in [-0.2, -0.15) is 0 Å². The highest BCUT2D eigenvalue weighted by Gasteiger charge is 2.11. The quantitative estimate of drug-likeness (QED) is 0.707. The van der Waals surface area contributed by atoms with Gasteiger partial charge in [-0.1, -0.05) is 0 Å². The molecule has 2 N–H and O–H groups in total. The first-order valence-corrected chi connectivity index (χ1v) is 3.17. The fraction of sp³-hybridized carbons (Fsp3) is 0.286. The number of hydrogen-bond donors (Lipinski definition) is 1. The topological polar surface area (TPSA) is 38.9 Å². The fourth-order valence-electron chi connectivity index (χ4n) is 0.820. The number of halogens is 2. The largest absolute Gasteiger partial charge is 0.325 e. The van der Waals surface area contributed by atoms with Gasteiger partial charge < -0.3 is 5.73 Å². The second-order valence-corrected chi connectivity index (χ2v) is 2.04. The summed E-state index contributed by atoms with van der Waals surface area (Å²) >= 11 is 0. The van der Waals surface area contributed by atoms with Crippen molar-refractivity contribution >= 4 is 0 Å². The molecule has 0 saturated heterocycles. The third-order valence-corrected chi connectivity index (χ3v) is 1.35. The molecular formula is C7H8F2N2. The number of alkyl halides is 2. The third kappa shape index (κ3) is 1.71. The predicted octanol–water partition coefficient (Wildman–Crippen LogP) is 1.48. The highest BCUT2D eigenvalue weighted by atomic mass is 19.3. The number of nitrogens with two attached hydrogens (primary N) is 1. The molecule has 2 nitrogen and oxygen atoms in total. The minimum absolute atomic E-state index is 0.0561. The van der Waals surface area contributed by atoms with E-state index < -0.39 is 6.43 Å². The molecular weight excluding hydrogens is 150 g/mol. The number of hydrogen-bond acceptors (Lipinski definition) is 2. The normalized spacial score (nSPS) is 10.5. The molecule has 4 heteroatoms. The van der Waals surface area contributed by atoms with Crippen molar-refractivity contribution in [2.45, 2.75) is 13.0 Å². The van der Waals surface area contributed by atoms with Crippen LogP contribution in [-0.4, -0.2) is 4.98 Å². The monoisotopic (exact) mass is 158 g/mol. The summed E-state index contributed by atoms with van der Waals surface area (Å²) in [5, 5.41) is 0. The molecule has 0 aliphatic carbocycles. The summed E-state index contributed by atoms with van der Waals surface area (Å²) in [7, 11) is 0. The van der Waals surface area contributed by atoms with Crippen molar-refractivity contribution in [3.63, 3.8) is 0 Å². The lowest BCUT2D eigenvalue weighted by Crippen LogP contribution is -2.04. The highest BCUT2D eigenvalue weighted by molar-refractivity contribution is 5.20. The Bertz CT molecular complexity index is 238. The molecule has 0 spiro atoms. The van der Waals surface area contributed by atoms with Crippen LogP contribution < -0.4 is 5.73 Å². The summed E-state index contributed by atoms with van der Waals surface area (Å²) in [6.07, 6.45) is -1.03. The van der Waals surface area contributed by atoms with Gasteiger partial charge in [-0.25, -0.2) is 8.78 Å². The van der Waals surface area contributed by atoms with Crippen molar-refractivity contribution in [3.05, 3.63) is 29.6 Å². The molecule has 1 rings (SSSR count). The first-order valence-electron chi connectivity index (χ1n) is 3.17.